The lowest BCUT2D eigenvalue weighted by Crippen LogP contribution is -2.26. The molecule has 0 fully saturated rings. The number of rotatable bonds is 10. The van der Waals surface area contributed by atoms with Gasteiger partial charge in [-0.15, -0.1) is 0 Å². The molecule has 1 amide bonds. The van der Waals surface area contributed by atoms with Crippen LogP contribution in [0.25, 0.3) is 0 Å². The molecule has 1 atom stereocenters. The van der Waals surface area contributed by atoms with Crippen LogP contribution in [-0.2, 0) is 4.79 Å². The Morgan fingerprint density at radius 3 is 2.69 bits per heavy atom. The number of anilines is 1. The third kappa shape index (κ3) is 5.62. The van der Waals surface area contributed by atoms with E-state index in [-0.39, 0.29) is 23.5 Å². The number of carbonyl (C=O) groups excluding carboxylic acids is 1. The van der Waals surface area contributed by atoms with Gasteiger partial charge in [0.25, 0.3) is 11.9 Å². The van der Waals surface area contributed by atoms with Gasteiger partial charge < -0.3 is 15.1 Å². The molecule has 1 aromatic heterocycles. The van der Waals surface area contributed by atoms with E-state index in [1.165, 1.54) is 37.4 Å². The lowest BCUT2D eigenvalue weighted by Gasteiger charge is -2.19. The molecule has 0 bridgehead atoms. The van der Waals surface area contributed by atoms with E-state index in [4.69, 9.17) is 4.42 Å². The summed E-state index contributed by atoms with van der Waals surface area (Å²) in [6, 6.07) is 0.235. The SMILES string of the molecule is CCCCCCCCNc1nc2c(c(=O)o1)C(C)C=C(C(=O)NCC)S2. The quantitative estimate of drug-likeness (QED) is 0.597. The van der Waals surface area contributed by atoms with Crippen LogP contribution in [0.3, 0.4) is 0 Å². The monoisotopic (exact) mass is 379 g/mol. The number of aromatic nitrogens is 1. The summed E-state index contributed by atoms with van der Waals surface area (Å²) in [4.78, 5) is 29.4. The van der Waals surface area contributed by atoms with Gasteiger partial charge in [-0.2, -0.15) is 4.98 Å². The molecule has 0 saturated carbocycles. The molecular weight excluding hydrogens is 350 g/mol. The largest absolute Gasteiger partial charge is 0.389 e. The van der Waals surface area contributed by atoms with Gasteiger partial charge in [0.05, 0.1) is 10.5 Å². The van der Waals surface area contributed by atoms with E-state index >= 15 is 0 Å². The summed E-state index contributed by atoms with van der Waals surface area (Å²) in [5.41, 5.74) is 0.139. The number of nitrogens with zero attached hydrogens (tertiary/aromatic N) is 1. The van der Waals surface area contributed by atoms with Crippen molar-refractivity contribution in [2.24, 2.45) is 0 Å². The Kier molecular flexibility index (Phi) is 8.22. The number of amides is 1. The molecule has 144 valence electrons. The molecule has 2 N–H and O–H groups in total. The van der Waals surface area contributed by atoms with Crippen LogP contribution in [0.2, 0.25) is 0 Å². The second kappa shape index (κ2) is 10.4. The number of unbranched alkanes of at least 4 members (excludes halogenated alkanes) is 5. The molecule has 2 rings (SSSR count). The summed E-state index contributed by atoms with van der Waals surface area (Å²) < 4.78 is 5.31. The van der Waals surface area contributed by atoms with E-state index in [9.17, 15) is 9.59 Å². The lowest BCUT2D eigenvalue weighted by atomic mass is 10.0. The zero-order valence-corrected chi connectivity index (χ0v) is 16.7. The summed E-state index contributed by atoms with van der Waals surface area (Å²) in [7, 11) is 0. The standard InChI is InChI=1S/C19H29N3O3S/c1-4-6-7-8-9-10-11-21-19-22-17-15(18(24)25-19)13(3)12-14(26-17)16(23)20-5-2/h12-13H,4-11H2,1-3H3,(H,20,23)(H,21,22). The van der Waals surface area contributed by atoms with Crippen LogP contribution >= 0.6 is 11.8 Å². The first-order valence-electron chi connectivity index (χ1n) is 9.53. The van der Waals surface area contributed by atoms with Gasteiger partial charge in [-0.3, -0.25) is 4.79 Å². The van der Waals surface area contributed by atoms with Gasteiger partial charge in [-0.05, 0) is 13.3 Å². The molecule has 0 aliphatic carbocycles. The van der Waals surface area contributed by atoms with E-state index in [1.807, 2.05) is 13.8 Å². The molecule has 1 aliphatic heterocycles. The van der Waals surface area contributed by atoms with Gasteiger partial charge in [0.15, 0.2) is 0 Å². The zero-order chi connectivity index (χ0) is 18.9. The van der Waals surface area contributed by atoms with Crippen LogP contribution in [0.4, 0.5) is 6.01 Å². The van der Waals surface area contributed by atoms with E-state index in [1.54, 1.807) is 6.08 Å². The Morgan fingerprint density at radius 2 is 1.96 bits per heavy atom. The first-order valence-corrected chi connectivity index (χ1v) is 10.3. The molecule has 26 heavy (non-hydrogen) atoms. The number of hydrogen-bond donors (Lipinski definition) is 2. The van der Waals surface area contributed by atoms with Gasteiger partial charge in [0.1, 0.15) is 5.03 Å². The smallest absolute Gasteiger partial charge is 0.345 e. The summed E-state index contributed by atoms with van der Waals surface area (Å²) in [6.07, 6.45) is 8.98. The lowest BCUT2D eigenvalue weighted by molar-refractivity contribution is -0.116. The van der Waals surface area contributed by atoms with E-state index in [0.29, 0.717) is 22.0 Å². The third-order valence-corrected chi connectivity index (χ3v) is 5.32. The molecular formula is C19H29N3O3S. The van der Waals surface area contributed by atoms with Crippen LogP contribution in [-0.4, -0.2) is 24.0 Å². The number of nitrogens with one attached hydrogen (secondary N) is 2. The fraction of sp³-hybridized carbons (Fsp3) is 0.632. The predicted molar refractivity (Wildman–Crippen MR) is 106 cm³/mol. The van der Waals surface area contributed by atoms with Crippen LogP contribution in [0.1, 0.15) is 70.8 Å². The molecule has 7 heteroatoms. The number of hydrogen-bond acceptors (Lipinski definition) is 6. The van der Waals surface area contributed by atoms with Crippen molar-refractivity contribution < 1.29 is 9.21 Å². The van der Waals surface area contributed by atoms with Gasteiger partial charge >= 0.3 is 5.63 Å². The van der Waals surface area contributed by atoms with Crippen LogP contribution in [0.5, 0.6) is 0 Å². The van der Waals surface area contributed by atoms with E-state index in [0.717, 1.165) is 19.4 Å². The molecule has 1 aliphatic rings. The fourth-order valence-corrected chi connectivity index (χ4v) is 4.01. The Hall–Kier alpha value is -1.76. The summed E-state index contributed by atoms with van der Waals surface area (Å²) in [5, 5.41) is 6.44. The number of likely N-dealkylation sites (N-methyl/N-ethyl adjacent to an activating group) is 1. The van der Waals surface area contributed by atoms with Crippen LogP contribution in [0, 0.1) is 0 Å². The van der Waals surface area contributed by atoms with Crippen molar-refractivity contribution >= 4 is 23.7 Å². The maximum atomic E-state index is 12.3. The molecule has 2 heterocycles. The van der Waals surface area contributed by atoms with Gasteiger partial charge in [-0.1, -0.05) is 63.8 Å². The van der Waals surface area contributed by atoms with Crippen LogP contribution < -0.4 is 16.3 Å². The molecule has 0 spiro atoms. The predicted octanol–water partition coefficient (Wildman–Crippen LogP) is 4.04. The average molecular weight is 380 g/mol. The van der Waals surface area contributed by atoms with Gasteiger partial charge in [-0.25, -0.2) is 4.79 Å². The maximum Gasteiger partial charge on any atom is 0.345 e. The second-order valence-electron chi connectivity index (χ2n) is 6.50. The average Bonchev–Trinajstić information content (AvgIpc) is 2.60. The van der Waals surface area contributed by atoms with E-state index < -0.39 is 0 Å². The maximum absolute atomic E-state index is 12.3. The molecule has 1 unspecified atom stereocenters. The second-order valence-corrected chi connectivity index (χ2v) is 7.53. The summed E-state index contributed by atoms with van der Waals surface area (Å²) in [6.45, 7) is 7.24. The fourth-order valence-electron chi connectivity index (χ4n) is 2.86. The highest BCUT2D eigenvalue weighted by molar-refractivity contribution is 8.04. The minimum atomic E-state index is -0.383. The minimum Gasteiger partial charge on any atom is -0.389 e. The van der Waals surface area contributed by atoms with Crippen molar-refractivity contribution in [1.82, 2.24) is 10.3 Å². The molecule has 0 radical (unpaired) electrons. The van der Waals surface area contributed by atoms with Crippen molar-refractivity contribution in [2.75, 3.05) is 18.4 Å². The van der Waals surface area contributed by atoms with Crippen molar-refractivity contribution in [3.8, 4) is 0 Å². The Labute approximate surface area is 159 Å². The van der Waals surface area contributed by atoms with Gasteiger partial charge in [0.2, 0.25) is 0 Å². The Morgan fingerprint density at radius 1 is 1.23 bits per heavy atom. The van der Waals surface area contributed by atoms with Crippen molar-refractivity contribution in [3.63, 3.8) is 0 Å². The number of thioether (sulfide) groups is 1. The zero-order valence-electron chi connectivity index (χ0n) is 15.9. The van der Waals surface area contributed by atoms with Gasteiger partial charge in [0, 0.05) is 19.0 Å². The normalized spacial score (nSPS) is 16.0. The summed E-state index contributed by atoms with van der Waals surface area (Å²) >= 11 is 1.23. The van der Waals surface area contributed by atoms with Crippen molar-refractivity contribution in [1.29, 1.82) is 0 Å². The minimum absolute atomic E-state index is 0.133. The highest BCUT2D eigenvalue weighted by Gasteiger charge is 2.27. The number of allylic oxidation sites excluding steroid dienone is 1. The van der Waals surface area contributed by atoms with Crippen molar-refractivity contribution in [2.45, 2.75) is 70.2 Å². The van der Waals surface area contributed by atoms with Crippen molar-refractivity contribution in [3.05, 3.63) is 27.0 Å². The molecule has 0 aromatic carbocycles. The number of fused-ring (bicyclic) bond motifs is 1. The topological polar surface area (TPSA) is 84.2 Å². The number of carbonyl (C=O) groups is 1. The molecule has 6 nitrogen and oxygen atoms in total. The highest BCUT2D eigenvalue weighted by Crippen LogP contribution is 2.37. The third-order valence-electron chi connectivity index (χ3n) is 4.27. The first kappa shape index (κ1) is 20.6. The molecule has 0 saturated heterocycles. The highest BCUT2D eigenvalue weighted by atomic mass is 32.2. The molecule has 1 aromatic rings. The summed E-state index contributed by atoms with van der Waals surface area (Å²) in [5.74, 6) is -0.327. The Balaban J connectivity index is 1.97. The van der Waals surface area contributed by atoms with E-state index in [2.05, 4.69) is 22.5 Å². The first-order chi connectivity index (χ1) is 12.6. The Bertz CT molecular complexity index is 700. The van der Waals surface area contributed by atoms with Crippen LogP contribution in [0.15, 0.2) is 25.2 Å².